The van der Waals surface area contributed by atoms with Gasteiger partial charge in [-0.25, -0.2) is 4.98 Å². The maximum atomic E-state index is 12.8. The molecule has 2 fully saturated rings. The molecule has 4 rings (SSSR count). The zero-order chi connectivity index (χ0) is 17.2. The fourth-order valence-electron chi connectivity index (χ4n) is 3.76. The van der Waals surface area contributed by atoms with Crippen LogP contribution in [0, 0.1) is 0 Å². The first-order valence-electron chi connectivity index (χ1n) is 8.97. The number of amides is 1. The Balaban J connectivity index is 1.46. The molecule has 1 N–H and O–H groups in total. The molecule has 0 aliphatic carbocycles. The van der Waals surface area contributed by atoms with Crippen molar-refractivity contribution in [3.05, 3.63) is 53.6 Å². The number of hydrogen-bond acceptors (Lipinski definition) is 4. The minimum Gasteiger partial charge on any atom is -0.373 e. The summed E-state index contributed by atoms with van der Waals surface area (Å²) in [5.41, 5.74) is 1.87. The smallest absolute Gasteiger partial charge is 0.272 e. The molecule has 132 valence electrons. The Bertz CT molecular complexity index is 730. The zero-order valence-electron chi connectivity index (χ0n) is 14.5. The molecule has 25 heavy (non-hydrogen) atoms. The highest BCUT2D eigenvalue weighted by molar-refractivity contribution is 5.92. The van der Waals surface area contributed by atoms with Crippen molar-refractivity contribution in [2.24, 2.45) is 0 Å². The topological polar surface area (TPSA) is 61.5 Å². The third-order valence-corrected chi connectivity index (χ3v) is 5.13. The second-order valence-electron chi connectivity index (χ2n) is 6.74. The molecular weight excluding hydrogens is 316 g/mol. The average molecular weight is 340 g/mol. The van der Waals surface area contributed by atoms with Crippen LogP contribution < -0.4 is 0 Å². The van der Waals surface area contributed by atoms with Crippen LogP contribution in [0.1, 0.15) is 28.8 Å². The van der Waals surface area contributed by atoms with E-state index in [2.05, 4.69) is 39.1 Å². The molecule has 2 aromatic rings. The molecule has 0 radical (unpaired) electrons. The number of carbonyl (C=O) groups excluding carboxylic acids is 1. The molecule has 2 atom stereocenters. The van der Waals surface area contributed by atoms with Gasteiger partial charge in [-0.2, -0.15) is 0 Å². The Morgan fingerprint density at radius 1 is 1.32 bits per heavy atom. The van der Waals surface area contributed by atoms with Crippen LogP contribution in [0.5, 0.6) is 0 Å². The monoisotopic (exact) mass is 340 g/mol. The van der Waals surface area contributed by atoms with Gasteiger partial charge in [-0.1, -0.05) is 37.3 Å². The number of nitrogens with one attached hydrogen (secondary N) is 1. The lowest BCUT2D eigenvalue weighted by molar-refractivity contribution is -0.0503. The molecule has 3 heterocycles. The number of fused-ring (bicyclic) bond motifs is 1. The number of rotatable bonds is 4. The molecule has 2 aliphatic heterocycles. The van der Waals surface area contributed by atoms with Crippen molar-refractivity contribution in [3.63, 3.8) is 0 Å². The fraction of sp³-hybridized carbons (Fsp3) is 0.474. The number of morpholine rings is 1. The Labute approximate surface area is 147 Å². The van der Waals surface area contributed by atoms with Crippen molar-refractivity contribution in [2.45, 2.75) is 32.0 Å². The van der Waals surface area contributed by atoms with Crippen molar-refractivity contribution >= 4 is 5.91 Å². The number of imidazole rings is 1. The lowest BCUT2D eigenvalue weighted by Crippen LogP contribution is -2.50. The van der Waals surface area contributed by atoms with E-state index in [1.54, 1.807) is 6.20 Å². The highest BCUT2D eigenvalue weighted by Crippen LogP contribution is 2.25. The van der Waals surface area contributed by atoms with Crippen LogP contribution in [0.4, 0.5) is 0 Å². The van der Waals surface area contributed by atoms with Gasteiger partial charge < -0.3 is 14.6 Å². The Hall–Kier alpha value is -2.18. The Morgan fingerprint density at radius 2 is 2.16 bits per heavy atom. The van der Waals surface area contributed by atoms with Gasteiger partial charge in [0.25, 0.3) is 5.91 Å². The quantitative estimate of drug-likeness (QED) is 0.920. The maximum absolute atomic E-state index is 12.8. The molecule has 0 bridgehead atoms. The van der Waals surface area contributed by atoms with E-state index < -0.39 is 0 Å². The van der Waals surface area contributed by atoms with Gasteiger partial charge in [0, 0.05) is 32.6 Å². The van der Waals surface area contributed by atoms with Crippen molar-refractivity contribution in [1.29, 1.82) is 0 Å². The van der Waals surface area contributed by atoms with Crippen LogP contribution >= 0.6 is 0 Å². The first-order chi connectivity index (χ1) is 12.2. The van der Waals surface area contributed by atoms with Gasteiger partial charge in [0.05, 0.1) is 24.9 Å². The summed E-state index contributed by atoms with van der Waals surface area (Å²) in [6.45, 7) is 5.90. The van der Waals surface area contributed by atoms with Crippen LogP contribution in [0.25, 0.3) is 0 Å². The van der Waals surface area contributed by atoms with Gasteiger partial charge in [-0.3, -0.25) is 9.69 Å². The number of carbonyl (C=O) groups is 1. The SMILES string of the molecule is CCc1ncc(C(=O)N2CC3OCCN(Cc4ccccc4)C3C2)[nH]1. The van der Waals surface area contributed by atoms with Crippen molar-refractivity contribution < 1.29 is 9.53 Å². The van der Waals surface area contributed by atoms with E-state index in [9.17, 15) is 4.79 Å². The zero-order valence-corrected chi connectivity index (χ0v) is 14.5. The minimum absolute atomic E-state index is 0.0184. The van der Waals surface area contributed by atoms with Crippen LogP contribution in [-0.4, -0.2) is 64.1 Å². The van der Waals surface area contributed by atoms with Gasteiger partial charge in [0.2, 0.25) is 0 Å². The molecule has 2 aliphatic rings. The number of aromatic nitrogens is 2. The highest BCUT2D eigenvalue weighted by atomic mass is 16.5. The number of hydrogen-bond donors (Lipinski definition) is 1. The van der Waals surface area contributed by atoms with E-state index in [4.69, 9.17) is 4.74 Å². The third kappa shape index (κ3) is 3.32. The lowest BCUT2D eigenvalue weighted by Gasteiger charge is -2.36. The third-order valence-electron chi connectivity index (χ3n) is 5.13. The summed E-state index contributed by atoms with van der Waals surface area (Å²) >= 11 is 0. The first-order valence-corrected chi connectivity index (χ1v) is 8.97. The number of aromatic amines is 1. The van der Waals surface area contributed by atoms with E-state index in [1.807, 2.05) is 17.9 Å². The standard InChI is InChI=1S/C19H24N4O2/c1-2-18-20-10-15(21-18)19(24)23-12-16-17(13-23)25-9-8-22(16)11-14-6-4-3-5-7-14/h3-7,10,16-17H,2,8-9,11-13H2,1H3,(H,20,21). The molecule has 2 saturated heterocycles. The van der Waals surface area contributed by atoms with Gasteiger partial charge in [0.15, 0.2) is 0 Å². The van der Waals surface area contributed by atoms with Crippen molar-refractivity contribution in [3.8, 4) is 0 Å². The van der Waals surface area contributed by atoms with E-state index in [1.165, 1.54) is 5.56 Å². The number of aryl methyl sites for hydroxylation is 1. The van der Waals surface area contributed by atoms with Crippen LogP contribution in [-0.2, 0) is 17.7 Å². The molecule has 6 nitrogen and oxygen atoms in total. The summed E-state index contributed by atoms with van der Waals surface area (Å²) in [5, 5.41) is 0. The summed E-state index contributed by atoms with van der Waals surface area (Å²) in [4.78, 5) is 24.5. The molecule has 0 spiro atoms. The lowest BCUT2D eigenvalue weighted by atomic mass is 10.1. The van der Waals surface area contributed by atoms with E-state index in [0.717, 1.165) is 31.9 Å². The predicted molar refractivity (Wildman–Crippen MR) is 94.2 cm³/mol. The van der Waals surface area contributed by atoms with Crippen molar-refractivity contribution in [2.75, 3.05) is 26.2 Å². The van der Waals surface area contributed by atoms with Gasteiger partial charge in [0.1, 0.15) is 11.5 Å². The Morgan fingerprint density at radius 3 is 2.92 bits per heavy atom. The predicted octanol–water partition coefficient (Wildman–Crippen LogP) is 1.70. The number of benzene rings is 1. The molecule has 2 unspecified atom stereocenters. The van der Waals surface area contributed by atoms with Crippen molar-refractivity contribution in [1.82, 2.24) is 19.8 Å². The molecular formula is C19H24N4O2. The first kappa shape index (κ1) is 16.3. The minimum atomic E-state index is 0.0184. The second-order valence-corrected chi connectivity index (χ2v) is 6.74. The number of likely N-dealkylation sites (tertiary alicyclic amines) is 1. The number of nitrogens with zero attached hydrogens (tertiary/aromatic N) is 3. The number of ether oxygens (including phenoxy) is 1. The van der Waals surface area contributed by atoms with Gasteiger partial charge in [-0.15, -0.1) is 0 Å². The normalized spacial score (nSPS) is 23.6. The Kier molecular flexibility index (Phi) is 4.55. The molecule has 0 saturated carbocycles. The number of H-pyrrole nitrogens is 1. The fourth-order valence-corrected chi connectivity index (χ4v) is 3.76. The summed E-state index contributed by atoms with van der Waals surface area (Å²) < 4.78 is 5.95. The highest BCUT2D eigenvalue weighted by Gasteiger charge is 2.42. The second kappa shape index (κ2) is 6.98. The summed E-state index contributed by atoms with van der Waals surface area (Å²) in [6, 6.07) is 10.7. The van der Waals surface area contributed by atoms with Crippen LogP contribution in [0.3, 0.4) is 0 Å². The van der Waals surface area contributed by atoms with Gasteiger partial charge >= 0.3 is 0 Å². The maximum Gasteiger partial charge on any atom is 0.272 e. The summed E-state index contributed by atoms with van der Waals surface area (Å²) in [7, 11) is 0. The largest absolute Gasteiger partial charge is 0.373 e. The summed E-state index contributed by atoms with van der Waals surface area (Å²) in [5.74, 6) is 0.867. The van der Waals surface area contributed by atoms with E-state index in [-0.39, 0.29) is 18.1 Å². The molecule has 6 heteroatoms. The van der Waals surface area contributed by atoms with Crippen LogP contribution in [0.2, 0.25) is 0 Å². The molecule has 1 aromatic heterocycles. The van der Waals surface area contributed by atoms with Gasteiger partial charge in [-0.05, 0) is 5.56 Å². The van der Waals surface area contributed by atoms with E-state index >= 15 is 0 Å². The molecule has 1 aromatic carbocycles. The van der Waals surface area contributed by atoms with E-state index in [0.29, 0.717) is 18.8 Å². The molecule has 1 amide bonds. The summed E-state index contributed by atoms with van der Waals surface area (Å²) in [6.07, 6.45) is 2.54. The average Bonchev–Trinajstić information content (AvgIpc) is 3.29. The van der Waals surface area contributed by atoms with Crippen LogP contribution in [0.15, 0.2) is 36.5 Å².